The van der Waals surface area contributed by atoms with Crippen LogP contribution in [0.1, 0.15) is 16.7 Å². The molecule has 98 valence electrons. The average molecular weight is 255 g/mol. The molecule has 0 fully saturated rings. The Hall–Kier alpha value is -2.29. The molecule has 0 aliphatic carbocycles. The summed E-state index contributed by atoms with van der Waals surface area (Å²) >= 11 is 0. The number of hydrogen-bond acceptors (Lipinski definition) is 2. The summed E-state index contributed by atoms with van der Waals surface area (Å²) in [4.78, 5) is 11.8. The first-order chi connectivity index (χ1) is 9.16. The summed E-state index contributed by atoms with van der Waals surface area (Å²) in [6.07, 6.45) is 0.193. The van der Waals surface area contributed by atoms with Crippen LogP contribution in [0.2, 0.25) is 0 Å². The van der Waals surface area contributed by atoms with Crippen LogP contribution in [0, 0.1) is 6.92 Å². The molecule has 0 radical (unpaired) electrons. The van der Waals surface area contributed by atoms with Crippen molar-refractivity contribution in [2.75, 3.05) is 0 Å². The summed E-state index contributed by atoms with van der Waals surface area (Å²) in [6, 6.07) is 14.8. The maximum Gasteiger partial charge on any atom is 0.224 e. The van der Waals surface area contributed by atoms with E-state index in [1.807, 2.05) is 37.3 Å². The molecule has 0 spiro atoms. The van der Waals surface area contributed by atoms with Gasteiger partial charge in [0.05, 0.1) is 6.42 Å². The number of hydrogen-bond donors (Lipinski definition) is 2. The van der Waals surface area contributed by atoms with E-state index in [9.17, 15) is 9.90 Å². The van der Waals surface area contributed by atoms with Crippen LogP contribution < -0.4 is 5.32 Å². The number of amides is 1. The molecule has 0 bridgehead atoms. The number of carbonyl (C=O) groups excluding carboxylic acids is 1. The quantitative estimate of drug-likeness (QED) is 0.882. The van der Waals surface area contributed by atoms with Gasteiger partial charge in [-0.05, 0) is 24.1 Å². The maximum atomic E-state index is 11.8. The second-order valence-electron chi connectivity index (χ2n) is 4.51. The van der Waals surface area contributed by atoms with E-state index in [2.05, 4.69) is 5.32 Å². The number of aryl methyl sites for hydroxylation is 1. The minimum Gasteiger partial charge on any atom is -0.508 e. The summed E-state index contributed by atoms with van der Waals surface area (Å²) < 4.78 is 0. The van der Waals surface area contributed by atoms with Gasteiger partial charge in [-0.1, -0.05) is 42.5 Å². The van der Waals surface area contributed by atoms with E-state index in [4.69, 9.17) is 0 Å². The van der Waals surface area contributed by atoms with Crippen LogP contribution in [0.25, 0.3) is 0 Å². The zero-order valence-electron chi connectivity index (χ0n) is 10.9. The fourth-order valence-electron chi connectivity index (χ4n) is 1.90. The Balaban J connectivity index is 1.92. The van der Waals surface area contributed by atoms with Crippen LogP contribution in [0.4, 0.5) is 0 Å². The Morgan fingerprint density at radius 3 is 2.37 bits per heavy atom. The Morgan fingerprint density at radius 1 is 1.05 bits per heavy atom. The molecule has 0 atom stereocenters. The molecule has 3 nitrogen and oxygen atoms in total. The van der Waals surface area contributed by atoms with Gasteiger partial charge in [0.1, 0.15) is 5.75 Å². The second kappa shape index (κ2) is 6.05. The monoisotopic (exact) mass is 255 g/mol. The molecule has 2 aromatic rings. The number of phenolic OH excluding ortho intramolecular Hbond substituents is 1. The maximum absolute atomic E-state index is 11.8. The van der Waals surface area contributed by atoms with Crippen molar-refractivity contribution in [3.63, 3.8) is 0 Å². The number of nitrogens with one attached hydrogen (secondary N) is 1. The fourth-order valence-corrected chi connectivity index (χ4v) is 1.90. The van der Waals surface area contributed by atoms with Crippen molar-refractivity contribution >= 4 is 5.91 Å². The van der Waals surface area contributed by atoms with Crippen molar-refractivity contribution in [3.05, 3.63) is 65.2 Å². The van der Waals surface area contributed by atoms with Gasteiger partial charge < -0.3 is 10.4 Å². The van der Waals surface area contributed by atoms with E-state index in [1.54, 1.807) is 18.2 Å². The summed E-state index contributed by atoms with van der Waals surface area (Å²) in [6.45, 7) is 2.53. The molecule has 1 amide bonds. The first-order valence-corrected chi connectivity index (χ1v) is 6.25. The first-order valence-electron chi connectivity index (χ1n) is 6.25. The number of para-hydroxylation sites is 1. The molecular formula is C16H17NO2. The molecule has 3 heteroatoms. The molecule has 0 heterocycles. The standard InChI is InChI=1S/C16H17NO2/c1-12-6-2-3-8-14(12)11-17-16(19)10-13-7-4-5-9-15(13)18/h2-9,18H,10-11H2,1H3,(H,17,19). The Labute approximate surface area is 112 Å². The zero-order chi connectivity index (χ0) is 13.7. The largest absolute Gasteiger partial charge is 0.508 e. The Kier molecular flexibility index (Phi) is 4.18. The number of carbonyl (C=O) groups is 1. The van der Waals surface area contributed by atoms with Gasteiger partial charge in [-0.3, -0.25) is 4.79 Å². The van der Waals surface area contributed by atoms with Crippen LogP contribution >= 0.6 is 0 Å². The fraction of sp³-hybridized carbons (Fsp3) is 0.188. The minimum atomic E-state index is -0.0928. The van der Waals surface area contributed by atoms with Crippen molar-refractivity contribution in [2.45, 2.75) is 19.9 Å². The highest BCUT2D eigenvalue weighted by molar-refractivity contribution is 5.79. The molecular weight excluding hydrogens is 238 g/mol. The van der Waals surface area contributed by atoms with Crippen molar-refractivity contribution in [1.29, 1.82) is 0 Å². The van der Waals surface area contributed by atoms with Crippen molar-refractivity contribution < 1.29 is 9.90 Å². The van der Waals surface area contributed by atoms with Gasteiger partial charge in [0.25, 0.3) is 0 Å². The molecule has 0 aliphatic heterocycles. The van der Waals surface area contributed by atoms with Gasteiger partial charge >= 0.3 is 0 Å². The van der Waals surface area contributed by atoms with Crippen LogP contribution in [0.3, 0.4) is 0 Å². The van der Waals surface area contributed by atoms with E-state index in [1.165, 1.54) is 0 Å². The van der Waals surface area contributed by atoms with Crippen LogP contribution in [0.15, 0.2) is 48.5 Å². The average Bonchev–Trinajstić information content (AvgIpc) is 2.40. The third-order valence-electron chi connectivity index (χ3n) is 3.08. The van der Waals surface area contributed by atoms with Gasteiger partial charge in [0, 0.05) is 12.1 Å². The summed E-state index contributed by atoms with van der Waals surface area (Å²) in [5.41, 5.74) is 2.91. The number of rotatable bonds is 4. The highest BCUT2D eigenvalue weighted by atomic mass is 16.3. The zero-order valence-corrected chi connectivity index (χ0v) is 10.9. The van der Waals surface area contributed by atoms with E-state index in [0.29, 0.717) is 12.1 Å². The van der Waals surface area contributed by atoms with Crippen LogP contribution in [-0.4, -0.2) is 11.0 Å². The SMILES string of the molecule is Cc1ccccc1CNC(=O)Cc1ccccc1O. The Bertz CT molecular complexity index is 578. The summed E-state index contributed by atoms with van der Waals surface area (Å²) in [5, 5.41) is 12.5. The van der Waals surface area contributed by atoms with Gasteiger partial charge in [0.15, 0.2) is 0 Å². The Morgan fingerprint density at radius 2 is 1.68 bits per heavy atom. The number of aromatic hydroxyl groups is 1. The number of benzene rings is 2. The van der Waals surface area contributed by atoms with Crippen LogP contribution in [-0.2, 0) is 17.8 Å². The molecule has 0 saturated heterocycles. The van der Waals surface area contributed by atoms with Crippen molar-refractivity contribution in [1.82, 2.24) is 5.32 Å². The minimum absolute atomic E-state index is 0.0928. The lowest BCUT2D eigenvalue weighted by molar-refractivity contribution is -0.120. The highest BCUT2D eigenvalue weighted by Crippen LogP contribution is 2.16. The molecule has 2 aromatic carbocycles. The predicted molar refractivity (Wildman–Crippen MR) is 74.8 cm³/mol. The van der Waals surface area contributed by atoms with E-state index < -0.39 is 0 Å². The summed E-state index contributed by atoms with van der Waals surface area (Å²) in [7, 11) is 0. The third kappa shape index (κ3) is 3.58. The smallest absolute Gasteiger partial charge is 0.224 e. The normalized spacial score (nSPS) is 10.2. The molecule has 2 rings (SSSR count). The molecule has 0 unspecified atom stereocenters. The van der Waals surface area contributed by atoms with Crippen molar-refractivity contribution in [3.8, 4) is 5.75 Å². The highest BCUT2D eigenvalue weighted by Gasteiger charge is 2.07. The van der Waals surface area contributed by atoms with E-state index in [-0.39, 0.29) is 18.1 Å². The van der Waals surface area contributed by atoms with Gasteiger partial charge in [0.2, 0.25) is 5.91 Å². The second-order valence-corrected chi connectivity index (χ2v) is 4.51. The lowest BCUT2D eigenvalue weighted by Crippen LogP contribution is -2.24. The lowest BCUT2D eigenvalue weighted by atomic mass is 10.1. The lowest BCUT2D eigenvalue weighted by Gasteiger charge is -2.08. The third-order valence-corrected chi connectivity index (χ3v) is 3.08. The molecule has 0 aliphatic rings. The summed E-state index contributed by atoms with van der Waals surface area (Å²) in [5.74, 6) is 0.0679. The van der Waals surface area contributed by atoms with Gasteiger partial charge in [-0.25, -0.2) is 0 Å². The van der Waals surface area contributed by atoms with Crippen LogP contribution in [0.5, 0.6) is 5.75 Å². The molecule has 2 N–H and O–H groups in total. The first kappa shape index (κ1) is 13.1. The van der Waals surface area contributed by atoms with E-state index in [0.717, 1.165) is 11.1 Å². The van der Waals surface area contributed by atoms with Crippen molar-refractivity contribution in [2.24, 2.45) is 0 Å². The molecule has 19 heavy (non-hydrogen) atoms. The molecule has 0 saturated carbocycles. The van der Waals surface area contributed by atoms with Gasteiger partial charge in [-0.2, -0.15) is 0 Å². The topological polar surface area (TPSA) is 49.3 Å². The van der Waals surface area contributed by atoms with Gasteiger partial charge in [-0.15, -0.1) is 0 Å². The van der Waals surface area contributed by atoms with E-state index >= 15 is 0 Å². The molecule has 0 aromatic heterocycles. The predicted octanol–water partition coefficient (Wildman–Crippen LogP) is 2.56. The number of phenols is 1.